The van der Waals surface area contributed by atoms with E-state index in [1.807, 2.05) is 12.1 Å². The van der Waals surface area contributed by atoms with Crippen molar-refractivity contribution in [2.75, 3.05) is 26.2 Å². The first-order valence-electron chi connectivity index (χ1n) is 8.17. The molecule has 0 aromatic heterocycles. The van der Waals surface area contributed by atoms with E-state index in [1.54, 1.807) is 6.07 Å². The number of rotatable bonds is 3. The molecule has 0 amide bonds. The van der Waals surface area contributed by atoms with Crippen molar-refractivity contribution >= 4 is 11.6 Å². The molecule has 116 valence electrons. The lowest BCUT2D eigenvalue weighted by molar-refractivity contribution is 0.0893. The minimum atomic E-state index is 0.248. The highest BCUT2D eigenvalue weighted by Crippen LogP contribution is 2.29. The smallest absolute Gasteiger partial charge is 0.138 e. The van der Waals surface area contributed by atoms with Crippen LogP contribution in [0.3, 0.4) is 0 Å². The van der Waals surface area contributed by atoms with Crippen LogP contribution in [0, 0.1) is 0 Å². The largest absolute Gasteiger partial charge is 0.506 e. The molecule has 1 aromatic rings. The van der Waals surface area contributed by atoms with E-state index < -0.39 is 0 Å². The van der Waals surface area contributed by atoms with Gasteiger partial charge in [-0.2, -0.15) is 0 Å². The second-order valence-electron chi connectivity index (χ2n) is 6.35. The third-order valence-electron chi connectivity index (χ3n) is 4.93. The van der Waals surface area contributed by atoms with E-state index in [4.69, 9.17) is 11.6 Å². The fourth-order valence-electron chi connectivity index (χ4n) is 3.65. The first-order chi connectivity index (χ1) is 10.2. The summed E-state index contributed by atoms with van der Waals surface area (Å²) in [6.45, 7) is 5.62. The van der Waals surface area contributed by atoms with Crippen LogP contribution in [0.25, 0.3) is 0 Å². The van der Waals surface area contributed by atoms with Gasteiger partial charge in [-0.25, -0.2) is 0 Å². The Morgan fingerprint density at radius 3 is 2.48 bits per heavy atom. The van der Waals surface area contributed by atoms with Crippen molar-refractivity contribution in [3.63, 3.8) is 0 Å². The summed E-state index contributed by atoms with van der Waals surface area (Å²) in [4.78, 5) is 5.13. The van der Waals surface area contributed by atoms with Crippen molar-refractivity contribution in [3.05, 3.63) is 28.8 Å². The van der Waals surface area contributed by atoms with E-state index in [0.717, 1.165) is 31.2 Å². The second-order valence-corrected chi connectivity index (χ2v) is 6.76. The van der Waals surface area contributed by atoms with Crippen molar-refractivity contribution in [2.45, 2.75) is 44.7 Å². The number of hydrogen-bond acceptors (Lipinski definition) is 3. The number of hydrogen-bond donors (Lipinski definition) is 1. The summed E-state index contributed by atoms with van der Waals surface area (Å²) in [5.74, 6) is 0.248. The van der Waals surface area contributed by atoms with Gasteiger partial charge in [0.1, 0.15) is 5.75 Å². The topological polar surface area (TPSA) is 26.7 Å². The molecular weight excluding hydrogens is 284 g/mol. The van der Waals surface area contributed by atoms with Gasteiger partial charge in [-0.05, 0) is 57.9 Å². The first kappa shape index (κ1) is 15.1. The van der Waals surface area contributed by atoms with Crippen molar-refractivity contribution in [2.24, 2.45) is 0 Å². The molecule has 0 unspecified atom stereocenters. The van der Waals surface area contributed by atoms with Crippen LogP contribution in [0.1, 0.15) is 37.7 Å². The van der Waals surface area contributed by atoms with Gasteiger partial charge in [-0.1, -0.05) is 30.2 Å². The van der Waals surface area contributed by atoms with E-state index in [-0.39, 0.29) is 5.75 Å². The molecule has 0 spiro atoms. The molecule has 21 heavy (non-hydrogen) atoms. The van der Waals surface area contributed by atoms with E-state index in [1.165, 1.54) is 45.2 Å². The first-order valence-corrected chi connectivity index (χ1v) is 8.54. The number of piperidine rings is 2. The number of halogens is 1. The maximum Gasteiger partial charge on any atom is 0.138 e. The highest BCUT2D eigenvalue weighted by molar-refractivity contribution is 6.32. The number of para-hydroxylation sites is 1. The highest BCUT2D eigenvalue weighted by Gasteiger charge is 2.25. The summed E-state index contributed by atoms with van der Waals surface area (Å²) >= 11 is 5.98. The van der Waals surface area contributed by atoms with Crippen LogP contribution in [0.4, 0.5) is 0 Å². The Balaban J connectivity index is 1.52. The van der Waals surface area contributed by atoms with Gasteiger partial charge in [0, 0.05) is 18.2 Å². The molecule has 3 nitrogen and oxygen atoms in total. The van der Waals surface area contributed by atoms with Crippen LogP contribution >= 0.6 is 11.6 Å². The van der Waals surface area contributed by atoms with Gasteiger partial charge in [0.05, 0.1) is 5.02 Å². The maximum atomic E-state index is 10.0. The predicted octanol–water partition coefficient (Wildman–Crippen LogP) is 3.50. The lowest BCUT2D eigenvalue weighted by atomic mass is 9.99. The minimum Gasteiger partial charge on any atom is -0.506 e. The summed E-state index contributed by atoms with van der Waals surface area (Å²) in [5.41, 5.74) is 0.943. The molecule has 3 rings (SSSR count). The molecule has 1 N–H and O–H groups in total. The molecule has 2 saturated heterocycles. The highest BCUT2D eigenvalue weighted by atomic mass is 35.5. The molecule has 1 aromatic carbocycles. The standard InChI is InChI=1S/C17H25ClN2O/c18-16-6-4-5-14(17(16)21)13-19-11-7-15(8-12-19)20-9-2-1-3-10-20/h4-6,15,21H,1-3,7-13H2. The minimum absolute atomic E-state index is 0.248. The Bertz CT molecular complexity index is 466. The molecule has 2 fully saturated rings. The number of likely N-dealkylation sites (tertiary alicyclic amines) is 2. The number of phenols is 1. The van der Waals surface area contributed by atoms with Crippen molar-refractivity contribution < 1.29 is 5.11 Å². The Labute approximate surface area is 132 Å². The van der Waals surface area contributed by atoms with Gasteiger partial charge in [0.15, 0.2) is 0 Å². The fourth-order valence-corrected chi connectivity index (χ4v) is 3.85. The normalized spacial score (nSPS) is 22.5. The van der Waals surface area contributed by atoms with E-state index in [0.29, 0.717) is 5.02 Å². The molecule has 2 heterocycles. The molecule has 2 aliphatic heterocycles. The van der Waals surface area contributed by atoms with Crippen molar-refractivity contribution in [1.82, 2.24) is 9.80 Å². The monoisotopic (exact) mass is 308 g/mol. The number of nitrogens with zero attached hydrogens (tertiary/aromatic N) is 2. The van der Waals surface area contributed by atoms with Crippen molar-refractivity contribution in [1.29, 1.82) is 0 Å². The molecule has 0 bridgehead atoms. The molecule has 2 aliphatic rings. The summed E-state index contributed by atoms with van der Waals surface area (Å²) in [5, 5.41) is 10.5. The van der Waals surface area contributed by atoms with Crippen LogP contribution in [-0.4, -0.2) is 47.1 Å². The van der Waals surface area contributed by atoms with Gasteiger partial charge < -0.3 is 10.0 Å². The Morgan fingerprint density at radius 1 is 1.05 bits per heavy atom. The quantitative estimate of drug-likeness (QED) is 0.926. The summed E-state index contributed by atoms with van der Waals surface area (Å²) in [6.07, 6.45) is 6.65. The maximum absolute atomic E-state index is 10.0. The van der Waals surface area contributed by atoms with Gasteiger partial charge >= 0.3 is 0 Å². The van der Waals surface area contributed by atoms with Gasteiger partial charge in [-0.15, -0.1) is 0 Å². The third kappa shape index (κ3) is 3.71. The average molecular weight is 309 g/mol. The zero-order chi connectivity index (χ0) is 14.7. The zero-order valence-electron chi connectivity index (χ0n) is 12.6. The predicted molar refractivity (Wildman–Crippen MR) is 86.8 cm³/mol. The average Bonchev–Trinajstić information content (AvgIpc) is 2.53. The third-order valence-corrected chi connectivity index (χ3v) is 5.23. The Morgan fingerprint density at radius 2 is 1.76 bits per heavy atom. The van der Waals surface area contributed by atoms with E-state index in [2.05, 4.69) is 9.80 Å². The summed E-state index contributed by atoms with van der Waals surface area (Å²) in [7, 11) is 0. The molecule has 0 aliphatic carbocycles. The van der Waals surface area contributed by atoms with Crippen LogP contribution in [0.2, 0.25) is 5.02 Å². The zero-order valence-corrected chi connectivity index (χ0v) is 13.4. The molecule has 0 radical (unpaired) electrons. The lowest BCUT2D eigenvalue weighted by Gasteiger charge is -2.40. The molecule has 0 saturated carbocycles. The lowest BCUT2D eigenvalue weighted by Crippen LogP contribution is -2.46. The van der Waals surface area contributed by atoms with Gasteiger partial charge in [0.25, 0.3) is 0 Å². The molecular formula is C17H25ClN2O. The van der Waals surface area contributed by atoms with E-state index >= 15 is 0 Å². The fraction of sp³-hybridized carbons (Fsp3) is 0.647. The van der Waals surface area contributed by atoms with Crippen molar-refractivity contribution in [3.8, 4) is 5.75 Å². The SMILES string of the molecule is Oc1c(Cl)cccc1CN1CCC(N2CCCCC2)CC1. The van der Waals surface area contributed by atoms with Crippen LogP contribution in [0.5, 0.6) is 5.75 Å². The van der Waals surface area contributed by atoms with Crippen LogP contribution < -0.4 is 0 Å². The van der Waals surface area contributed by atoms with Gasteiger partial charge in [-0.3, -0.25) is 4.90 Å². The Hall–Kier alpha value is -0.770. The summed E-state index contributed by atoms with van der Waals surface area (Å²) < 4.78 is 0. The molecule has 4 heteroatoms. The second kappa shape index (κ2) is 6.99. The number of phenolic OH excluding ortho intramolecular Hbond substituents is 1. The van der Waals surface area contributed by atoms with Crippen LogP contribution in [-0.2, 0) is 6.54 Å². The molecule has 0 atom stereocenters. The summed E-state index contributed by atoms with van der Waals surface area (Å²) in [6, 6.07) is 6.40. The number of aromatic hydroxyl groups is 1. The van der Waals surface area contributed by atoms with Crippen LogP contribution in [0.15, 0.2) is 18.2 Å². The number of benzene rings is 1. The Kier molecular flexibility index (Phi) is 5.04. The van der Waals surface area contributed by atoms with E-state index in [9.17, 15) is 5.11 Å². The van der Waals surface area contributed by atoms with Gasteiger partial charge in [0.2, 0.25) is 0 Å².